The maximum Gasteiger partial charge on any atom is 0.271 e. The van der Waals surface area contributed by atoms with Crippen LogP contribution >= 0.6 is 0 Å². The van der Waals surface area contributed by atoms with Crippen molar-refractivity contribution in [2.75, 3.05) is 5.32 Å². The zero-order valence-electron chi connectivity index (χ0n) is 11.7. The van der Waals surface area contributed by atoms with Crippen molar-refractivity contribution in [2.24, 2.45) is 11.1 Å². The van der Waals surface area contributed by atoms with Crippen LogP contribution in [0, 0.1) is 22.5 Å². The molecule has 0 spiro atoms. The molecule has 0 aromatic heterocycles. The van der Waals surface area contributed by atoms with Crippen LogP contribution in [0.25, 0.3) is 0 Å². The number of nitrogens with two attached hydrogens (primary N) is 1. The number of nitrogens with zero attached hydrogens (tertiary/aromatic N) is 1. The predicted octanol–water partition coefficient (Wildman–Crippen LogP) is 2.36. The summed E-state index contributed by atoms with van der Waals surface area (Å²) in [7, 11) is 0. The van der Waals surface area contributed by atoms with E-state index < -0.39 is 10.3 Å². The Labute approximate surface area is 117 Å². The highest BCUT2D eigenvalue weighted by molar-refractivity contribution is 5.96. The molecule has 0 heterocycles. The fourth-order valence-corrected chi connectivity index (χ4v) is 2.60. The fraction of sp³-hybridized carbons (Fsp3) is 0.500. The Hall–Kier alpha value is -1.95. The van der Waals surface area contributed by atoms with Crippen molar-refractivity contribution in [1.82, 2.24) is 0 Å². The van der Waals surface area contributed by atoms with Crippen molar-refractivity contribution < 1.29 is 9.72 Å². The first-order valence-electron chi connectivity index (χ1n) is 6.66. The Morgan fingerprint density at radius 2 is 2.25 bits per heavy atom. The molecule has 108 valence electrons. The number of hydrogen-bond donors (Lipinski definition) is 2. The van der Waals surface area contributed by atoms with E-state index in [2.05, 4.69) is 5.32 Å². The molecular formula is C14H19N3O3. The average molecular weight is 277 g/mol. The van der Waals surface area contributed by atoms with E-state index in [1.165, 1.54) is 12.1 Å². The second-order valence-corrected chi connectivity index (χ2v) is 5.63. The number of hydrogen-bond acceptors (Lipinski definition) is 4. The number of nitro groups is 1. The molecule has 1 saturated carbocycles. The van der Waals surface area contributed by atoms with Crippen LogP contribution in [0.1, 0.15) is 31.7 Å². The van der Waals surface area contributed by atoms with E-state index >= 15 is 0 Å². The molecular weight excluding hydrogens is 258 g/mol. The van der Waals surface area contributed by atoms with Crippen molar-refractivity contribution in [1.29, 1.82) is 0 Å². The standard InChI is InChI=1S/C14H19N3O3/c1-9-5-6-10(17(19)20)8-11(9)16-13(18)14(2)7-3-4-12(14)15/h5-6,8,12H,3-4,7,15H2,1-2H3,(H,16,18). The SMILES string of the molecule is Cc1ccc([N+](=O)[O-])cc1NC(=O)C1(C)CCCC1N. The second-order valence-electron chi connectivity index (χ2n) is 5.63. The number of anilines is 1. The highest BCUT2D eigenvalue weighted by atomic mass is 16.6. The van der Waals surface area contributed by atoms with Gasteiger partial charge >= 0.3 is 0 Å². The molecule has 1 fully saturated rings. The lowest BCUT2D eigenvalue weighted by atomic mass is 9.84. The normalized spacial score (nSPS) is 25.4. The van der Waals surface area contributed by atoms with Crippen LogP contribution in [0.15, 0.2) is 18.2 Å². The molecule has 1 aromatic carbocycles. The Bertz CT molecular complexity index is 559. The van der Waals surface area contributed by atoms with E-state index in [9.17, 15) is 14.9 Å². The summed E-state index contributed by atoms with van der Waals surface area (Å²) in [5, 5.41) is 13.6. The quantitative estimate of drug-likeness (QED) is 0.654. The predicted molar refractivity (Wildman–Crippen MR) is 76.4 cm³/mol. The third kappa shape index (κ3) is 2.51. The van der Waals surface area contributed by atoms with Gasteiger partial charge in [-0.3, -0.25) is 14.9 Å². The van der Waals surface area contributed by atoms with Crippen molar-refractivity contribution >= 4 is 17.3 Å². The number of amides is 1. The number of nitro benzene ring substituents is 1. The zero-order valence-corrected chi connectivity index (χ0v) is 11.7. The minimum absolute atomic E-state index is 0.0354. The molecule has 0 aliphatic heterocycles. The summed E-state index contributed by atoms with van der Waals surface area (Å²) in [6, 6.07) is 4.27. The van der Waals surface area contributed by atoms with Crippen LogP contribution in [-0.2, 0) is 4.79 Å². The Morgan fingerprint density at radius 3 is 2.80 bits per heavy atom. The number of non-ortho nitro benzene ring substituents is 1. The van der Waals surface area contributed by atoms with Crippen LogP contribution in [0.2, 0.25) is 0 Å². The second kappa shape index (κ2) is 5.20. The van der Waals surface area contributed by atoms with Crippen LogP contribution in [0.4, 0.5) is 11.4 Å². The van der Waals surface area contributed by atoms with Gasteiger partial charge in [-0.25, -0.2) is 0 Å². The van der Waals surface area contributed by atoms with Crippen LogP contribution in [0.3, 0.4) is 0 Å². The van der Waals surface area contributed by atoms with Crippen molar-refractivity contribution in [3.8, 4) is 0 Å². The Morgan fingerprint density at radius 1 is 1.55 bits per heavy atom. The molecule has 1 aromatic rings. The lowest BCUT2D eigenvalue weighted by Gasteiger charge is -2.27. The summed E-state index contributed by atoms with van der Waals surface area (Å²) < 4.78 is 0. The molecule has 6 nitrogen and oxygen atoms in total. The van der Waals surface area contributed by atoms with Gasteiger partial charge in [-0.1, -0.05) is 12.5 Å². The van der Waals surface area contributed by atoms with Crippen molar-refractivity contribution in [2.45, 2.75) is 39.2 Å². The third-order valence-corrected chi connectivity index (χ3v) is 4.23. The van der Waals surface area contributed by atoms with Gasteiger partial charge in [0, 0.05) is 18.2 Å². The maximum absolute atomic E-state index is 12.4. The smallest absolute Gasteiger partial charge is 0.271 e. The van der Waals surface area contributed by atoms with Gasteiger partial charge in [0.25, 0.3) is 5.69 Å². The number of benzene rings is 1. The van der Waals surface area contributed by atoms with E-state index in [4.69, 9.17) is 5.73 Å². The number of carbonyl (C=O) groups is 1. The monoisotopic (exact) mass is 277 g/mol. The van der Waals surface area contributed by atoms with E-state index in [1.54, 1.807) is 13.0 Å². The van der Waals surface area contributed by atoms with Gasteiger partial charge in [0.1, 0.15) is 0 Å². The highest BCUT2D eigenvalue weighted by Crippen LogP contribution is 2.38. The van der Waals surface area contributed by atoms with E-state index in [-0.39, 0.29) is 17.6 Å². The summed E-state index contributed by atoms with van der Waals surface area (Å²) in [5.74, 6) is -0.161. The van der Waals surface area contributed by atoms with E-state index in [0.29, 0.717) is 5.69 Å². The van der Waals surface area contributed by atoms with Crippen molar-refractivity contribution in [3.05, 3.63) is 33.9 Å². The third-order valence-electron chi connectivity index (χ3n) is 4.23. The molecule has 1 aliphatic carbocycles. The zero-order chi connectivity index (χ0) is 14.9. The van der Waals surface area contributed by atoms with Gasteiger partial charge in [-0.15, -0.1) is 0 Å². The van der Waals surface area contributed by atoms with E-state index in [1.807, 2.05) is 6.92 Å². The molecule has 2 rings (SSSR count). The topological polar surface area (TPSA) is 98.3 Å². The summed E-state index contributed by atoms with van der Waals surface area (Å²) in [6.07, 6.45) is 2.50. The van der Waals surface area contributed by atoms with Gasteiger partial charge in [0.2, 0.25) is 5.91 Å². The van der Waals surface area contributed by atoms with Crippen LogP contribution in [0.5, 0.6) is 0 Å². The highest BCUT2D eigenvalue weighted by Gasteiger charge is 2.43. The molecule has 1 aliphatic rings. The summed E-state index contributed by atoms with van der Waals surface area (Å²) in [6.45, 7) is 3.66. The minimum Gasteiger partial charge on any atom is -0.327 e. The lowest BCUT2D eigenvalue weighted by molar-refractivity contribution is -0.384. The summed E-state index contributed by atoms with van der Waals surface area (Å²) in [4.78, 5) is 22.7. The number of nitrogens with one attached hydrogen (secondary N) is 1. The van der Waals surface area contributed by atoms with E-state index in [0.717, 1.165) is 24.8 Å². The molecule has 20 heavy (non-hydrogen) atoms. The molecule has 2 atom stereocenters. The van der Waals surface area contributed by atoms with Gasteiger partial charge in [-0.2, -0.15) is 0 Å². The molecule has 6 heteroatoms. The average Bonchev–Trinajstić information content (AvgIpc) is 2.73. The van der Waals surface area contributed by atoms with Crippen molar-refractivity contribution in [3.63, 3.8) is 0 Å². The van der Waals surface area contributed by atoms with Gasteiger partial charge < -0.3 is 11.1 Å². The Balaban J connectivity index is 2.23. The van der Waals surface area contributed by atoms with Crippen LogP contribution in [-0.4, -0.2) is 16.9 Å². The Kier molecular flexibility index (Phi) is 3.76. The molecule has 3 N–H and O–H groups in total. The summed E-state index contributed by atoms with van der Waals surface area (Å²) in [5.41, 5.74) is 6.65. The van der Waals surface area contributed by atoms with Gasteiger partial charge in [0.15, 0.2) is 0 Å². The van der Waals surface area contributed by atoms with Gasteiger partial charge in [-0.05, 0) is 32.3 Å². The summed E-state index contributed by atoms with van der Waals surface area (Å²) >= 11 is 0. The number of rotatable bonds is 3. The first kappa shape index (κ1) is 14.5. The minimum atomic E-state index is -0.600. The number of aryl methyl sites for hydroxylation is 1. The molecule has 1 amide bonds. The van der Waals surface area contributed by atoms with Gasteiger partial charge in [0.05, 0.1) is 16.0 Å². The number of carbonyl (C=O) groups excluding carboxylic acids is 1. The largest absolute Gasteiger partial charge is 0.327 e. The van der Waals surface area contributed by atoms with Crippen LogP contribution < -0.4 is 11.1 Å². The molecule has 0 bridgehead atoms. The maximum atomic E-state index is 12.4. The fourth-order valence-electron chi connectivity index (χ4n) is 2.60. The molecule has 0 radical (unpaired) electrons. The molecule has 2 unspecified atom stereocenters. The molecule has 0 saturated heterocycles. The lowest BCUT2D eigenvalue weighted by Crippen LogP contribution is -2.44. The first-order valence-corrected chi connectivity index (χ1v) is 6.66. The first-order chi connectivity index (χ1) is 9.34.